The fourth-order valence-electron chi connectivity index (χ4n) is 2.96. The summed E-state index contributed by atoms with van der Waals surface area (Å²) in [4.78, 5) is 24.9. The zero-order chi connectivity index (χ0) is 21.3. The van der Waals surface area contributed by atoms with Gasteiger partial charge in [-0.3, -0.25) is 0 Å². The summed E-state index contributed by atoms with van der Waals surface area (Å²) in [5, 5.41) is 9.30. The van der Waals surface area contributed by atoms with Crippen LogP contribution in [0.3, 0.4) is 0 Å². The molecule has 0 radical (unpaired) electrons. The standard InChI is InChI=1S/C19H27NO4/c1-19(2,3)16-13-20(18(22)23)11-9-14(16)10-12-24-17(21)15-7-5-4-6-8-15/h4-8,14,16H,9-13H2,1-3H3,(H,22,23)/i10D2,12D2. The van der Waals surface area contributed by atoms with Crippen molar-refractivity contribution in [3.05, 3.63) is 35.9 Å². The predicted octanol–water partition coefficient (Wildman–Crippen LogP) is 3.90. The Hall–Kier alpha value is -2.04. The van der Waals surface area contributed by atoms with Gasteiger partial charge in [0, 0.05) is 15.8 Å². The number of esters is 1. The summed E-state index contributed by atoms with van der Waals surface area (Å²) in [5.74, 6) is -2.20. The van der Waals surface area contributed by atoms with Crippen LogP contribution in [0.4, 0.5) is 4.79 Å². The van der Waals surface area contributed by atoms with Crippen LogP contribution in [-0.2, 0) is 4.74 Å². The highest BCUT2D eigenvalue weighted by Gasteiger charge is 2.38. The van der Waals surface area contributed by atoms with Crippen molar-refractivity contribution < 1.29 is 24.9 Å². The molecule has 1 aromatic carbocycles. The van der Waals surface area contributed by atoms with Crippen molar-refractivity contribution >= 4 is 12.1 Å². The first-order valence-corrected chi connectivity index (χ1v) is 8.03. The van der Waals surface area contributed by atoms with Crippen molar-refractivity contribution in [3.63, 3.8) is 0 Å². The number of carbonyl (C=O) groups is 2. The Kier molecular flexibility index (Phi) is 4.25. The van der Waals surface area contributed by atoms with E-state index in [4.69, 9.17) is 10.2 Å². The van der Waals surface area contributed by atoms with Gasteiger partial charge >= 0.3 is 12.1 Å². The molecule has 1 amide bonds. The van der Waals surface area contributed by atoms with Crippen LogP contribution in [0.25, 0.3) is 0 Å². The Morgan fingerprint density at radius 3 is 2.58 bits per heavy atom. The van der Waals surface area contributed by atoms with Crippen LogP contribution in [0.2, 0.25) is 0 Å². The van der Waals surface area contributed by atoms with Crippen molar-refractivity contribution in [2.24, 2.45) is 17.3 Å². The summed E-state index contributed by atoms with van der Waals surface area (Å²) < 4.78 is 38.4. The molecule has 1 aliphatic rings. The van der Waals surface area contributed by atoms with Crippen molar-refractivity contribution in [1.82, 2.24) is 4.90 Å². The Morgan fingerprint density at radius 2 is 2.00 bits per heavy atom. The van der Waals surface area contributed by atoms with Gasteiger partial charge in [0.15, 0.2) is 0 Å². The Bertz CT molecular complexity index is 718. The average Bonchev–Trinajstić information content (AvgIpc) is 2.60. The molecule has 5 nitrogen and oxygen atoms in total. The Morgan fingerprint density at radius 1 is 1.33 bits per heavy atom. The molecule has 0 bridgehead atoms. The average molecular weight is 337 g/mol. The summed E-state index contributed by atoms with van der Waals surface area (Å²) in [6.45, 7) is 2.95. The number of hydrogen-bond donors (Lipinski definition) is 1. The van der Waals surface area contributed by atoms with E-state index in [1.807, 2.05) is 20.8 Å². The third kappa shape index (κ3) is 4.73. The number of amides is 1. The van der Waals surface area contributed by atoms with E-state index in [1.54, 1.807) is 18.2 Å². The first-order valence-electron chi connectivity index (χ1n) is 10.0. The fourth-order valence-corrected chi connectivity index (χ4v) is 2.96. The summed E-state index contributed by atoms with van der Waals surface area (Å²) in [6.07, 6.45) is -3.43. The molecule has 1 heterocycles. The highest BCUT2D eigenvalue weighted by molar-refractivity contribution is 5.89. The van der Waals surface area contributed by atoms with E-state index < -0.39 is 42.2 Å². The van der Waals surface area contributed by atoms with Gasteiger partial charge in [0.1, 0.15) is 0 Å². The minimum atomic E-state index is -2.88. The van der Waals surface area contributed by atoms with E-state index >= 15 is 0 Å². The number of carbonyl (C=O) groups excluding carboxylic acids is 1. The largest absolute Gasteiger partial charge is 0.465 e. The molecule has 24 heavy (non-hydrogen) atoms. The molecule has 1 aromatic rings. The van der Waals surface area contributed by atoms with Crippen molar-refractivity contribution in [3.8, 4) is 0 Å². The van der Waals surface area contributed by atoms with E-state index in [0.717, 1.165) is 0 Å². The molecule has 0 spiro atoms. The first-order chi connectivity index (χ1) is 12.8. The summed E-state index contributed by atoms with van der Waals surface area (Å²) in [6, 6.07) is 7.86. The number of piperidine rings is 1. The molecular formula is C19H27NO4. The molecule has 132 valence electrons. The molecule has 0 saturated carbocycles. The Labute approximate surface area is 149 Å². The van der Waals surface area contributed by atoms with Crippen LogP contribution in [0.1, 0.15) is 49.4 Å². The molecule has 1 N–H and O–H groups in total. The highest BCUT2D eigenvalue weighted by atomic mass is 16.5. The third-order valence-corrected chi connectivity index (χ3v) is 4.39. The molecular weight excluding hydrogens is 306 g/mol. The van der Waals surface area contributed by atoms with Gasteiger partial charge in [0.2, 0.25) is 0 Å². The zero-order valence-corrected chi connectivity index (χ0v) is 14.3. The van der Waals surface area contributed by atoms with Crippen molar-refractivity contribution in [2.75, 3.05) is 19.6 Å². The number of hydrogen-bond acceptors (Lipinski definition) is 3. The molecule has 1 saturated heterocycles. The topological polar surface area (TPSA) is 66.8 Å². The minimum Gasteiger partial charge on any atom is -0.465 e. The summed E-state index contributed by atoms with van der Waals surface area (Å²) >= 11 is 0. The van der Waals surface area contributed by atoms with Gasteiger partial charge in [-0.2, -0.15) is 0 Å². The van der Waals surface area contributed by atoms with Crippen LogP contribution < -0.4 is 0 Å². The van der Waals surface area contributed by atoms with Crippen LogP contribution in [0.15, 0.2) is 30.3 Å². The lowest BCUT2D eigenvalue weighted by atomic mass is 9.69. The molecule has 5 heteroatoms. The summed E-state index contributed by atoms with van der Waals surface area (Å²) in [5.41, 5.74) is -0.332. The van der Waals surface area contributed by atoms with Gasteiger partial charge in [-0.25, -0.2) is 9.59 Å². The maximum absolute atomic E-state index is 12.3. The lowest BCUT2D eigenvalue weighted by Crippen LogP contribution is -2.47. The van der Waals surface area contributed by atoms with Crippen LogP contribution >= 0.6 is 0 Å². The molecule has 1 fully saturated rings. The number of benzene rings is 1. The predicted molar refractivity (Wildman–Crippen MR) is 92.0 cm³/mol. The van der Waals surface area contributed by atoms with Crippen LogP contribution in [0, 0.1) is 17.3 Å². The van der Waals surface area contributed by atoms with Gasteiger partial charge in [0.25, 0.3) is 0 Å². The van der Waals surface area contributed by atoms with Crippen LogP contribution in [0.5, 0.6) is 0 Å². The van der Waals surface area contributed by atoms with E-state index in [2.05, 4.69) is 0 Å². The van der Waals surface area contributed by atoms with E-state index in [-0.39, 0.29) is 25.1 Å². The smallest absolute Gasteiger partial charge is 0.407 e. The lowest BCUT2D eigenvalue weighted by Gasteiger charge is -2.44. The van der Waals surface area contributed by atoms with Gasteiger partial charge in [-0.1, -0.05) is 39.0 Å². The molecule has 2 unspecified atom stereocenters. The second-order valence-electron chi connectivity index (χ2n) is 7.10. The lowest BCUT2D eigenvalue weighted by molar-refractivity contribution is 0.0242. The SMILES string of the molecule is [2H]C([2H])(OC(=O)c1ccccc1)C([2H])([2H])C1CCN(C(=O)O)CC1C(C)(C)C. The normalized spacial score (nSPS) is 25.0. The second kappa shape index (κ2) is 7.69. The number of carboxylic acid groups (broad SMARTS) is 1. The number of ether oxygens (including phenoxy) is 1. The van der Waals surface area contributed by atoms with Crippen molar-refractivity contribution in [1.29, 1.82) is 0 Å². The molecule has 2 atom stereocenters. The van der Waals surface area contributed by atoms with E-state index in [1.165, 1.54) is 17.0 Å². The Balaban J connectivity index is 2.28. The maximum Gasteiger partial charge on any atom is 0.407 e. The fraction of sp³-hybridized carbons (Fsp3) is 0.579. The van der Waals surface area contributed by atoms with Gasteiger partial charge < -0.3 is 14.7 Å². The second-order valence-corrected chi connectivity index (χ2v) is 7.10. The van der Waals surface area contributed by atoms with E-state index in [9.17, 15) is 14.7 Å². The van der Waals surface area contributed by atoms with E-state index in [0.29, 0.717) is 0 Å². The van der Waals surface area contributed by atoms with Crippen LogP contribution in [-0.4, -0.2) is 41.7 Å². The van der Waals surface area contributed by atoms with Gasteiger partial charge in [-0.05, 0) is 42.2 Å². The number of likely N-dealkylation sites (tertiary alicyclic amines) is 1. The molecule has 1 aliphatic heterocycles. The van der Waals surface area contributed by atoms with Gasteiger partial charge in [-0.15, -0.1) is 0 Å². The number of rotatable bonds is 4. The third-order valence-electron chi connectivity index (χ3n) is 4.39. The monoisotopic (exact) mass is 337 g/mol. The first kappa shape index (κ1) is 13.3. The van der Waals surface area contributed by atoms with Crippen molar-refractivity contribution in [2.45, 2.75) is 33.6 Å². The number of nitrogens with zero attached hydrogens (tertiary/aromatic N) is 1. The minimum absolute atomic E-state index is 0.103. The quantitative estimate of drug-likeness (QED) is 0.846. The molecule has 2 rings (SSSR count). The molecule has 0 aromatic heterocycles. The van der Waals surface area contributed by atoms with Gasteiger partial charge in [0.05, 0.1) is 14.9 Å². The molecule has 0 aliphatic carbocycles. The zero-order valence-electron chi connectivity index (χ0n) is 18.3. The maximum atomic E-state index is 12.3. The highest BCUT2D eigenvalue weighted by Crippen LogP contribution is 2.39. The summed E-state index contributed by atoms with van der Waals surface area (Å²) in [7, 11) is 0.